The average molecular weight is 447 g/mol. The van der Waals surface area contributed by atoms with Gasteiger partial charge in [-0.2, -0.15) is 5.10 Å². The van der Waals surface area contributed by atoms with Gasteiger partial charge in [-0.3, -0.25) is 0 Å². The van der Waals surface area contributed by atoms with Gasteiger partial charge in [0.2, 0.25) is 0 Å². The molecule has 0 spiro atoms. The predicted octanol–water partition coefficient (Wildman–Crippen LogP) is 5.51. The van der Waals surface area contributed by atoms with E-state index in [9.17, 15) is 4.79 Å². The zero-order valence-electron chi connectivity index (χ0n) is 15.6. The lowest BCUT2D eigenvalue weighted by Gasteiger charge is -2.11. The smallest absolute Gasteiger partial charge is 0.336 e. The molecule has 0 saturated heterocycles. The number of carbonyl (C=O) groups is 1. The number of esters is 1. The van der Waals surface area contributed by atoms with Gasteiger partial charge >= 0.3 is 5.97 Å². The molecule has 1 aliphatic heterocycles. The number of benzene rings is 3. The number of nitrogens with zero attached hydrogens (tertiary/aromatic N) is 1. The van der Waals surface area contributed by atoms with E-state index >= 15 is 0 Å². The first kappa shape index (κ1) is 19.2. The Balaban J connectivity index is 1.34. The van der Waals surface area contributed by atoms with Crippen molar-refractivity contribution in [3.05, 3.63) is 106 Å². The fourth-order valence-electron chi connectivity index (χ4n) is 3.10. The van der Waals surface area contributed by atoms with Gasteiger partial charge in [-0.15, -0.1) is 0 Å². The lowest BCUT2D eigenvalue weighted by Crippen LogP contribution is -2.10. The molecule has 0 amide bonds. The van der Waals surface area contributed by atoms with Crippen molar-refractivity contribution >= 4 is 33.7 Å². The van der Waals surface area contributed by atoms with Gasteiger partial charge in [0.25, 0.3) is 0 Å². The Labute approximate surface area is 178 Å². The van der Waals surface area contributed by atoms with Crippen LogP contribution in [0.4, 0.5) is 0 Å². The number of nitrogens with one attached hydrogen (secondary N) is 1. The van der Waals surface area contributed by atoms with E-state index in [1.165, 1.54) is 6.08 Å². The van der Waals surface area contributed by atoms with E-state index in [0.29, 0.717) is 5.75 Å². The van der Waals surface area contributed by atoms with Gasteiger partial charge in [-0.05, 0) is 47.0 Å². The van der Waals surface area contributed by atoms with Crippen molar-refractivity contribution in [2.45, 2.75) is 12.5 Å². The van der Waals surface area contributed by atoms with Gasteiger partial charge in [0.15, 0.2) is 0 Å². The Morgan fingerprint density at radius 1 is 1.00 bits per heavy atom. The summed E-state index contributed by atoms with van der Waals surface area (Å²) >= 11 is 3.45. The Kier molecular flexibility index (Phi) is 5.86. The SMILES string of the molecule is O=C(/C=C\c1ccccc1)Oc1ccc(C2CC(c3ccc(Br)cc3)=NN2)cc1. The summed E-state index contributed by atoms with van der Waals surface area (Å²) in [6.45, 7) is 0. The fraction of sp³-hybridized carbons (Fsp3) is 0.0833. The quantitative estimate of drug-likeness (QED) is 0.319. The minimum Gasteiger partial charge on any atom is -0.423 e. The van der Waals surface area contributed by atoms with Crippen LogP contribution in [0.15, 0.2) is 94.5 Å². The van der Waals surface area contributed by atoms with Crippen molar-refractivity contribution in [1.29, 1.82) is 0 Å². The Morgan fingerprint density at radius 3 is 2.45 bits per heavy atom. The molecule has 1 atom stereocenters. The Hall–Kier alpha value is -3.18. The lowest BCUT2D eigenvalue weighted by molar-refractivity contribution is -0.128. The molecule has 1 N–H and O–H groups in total. The van der Waals surface area contributed by atoms with E-state index in [4.69, 9.17) is 4.74 Å². The Bertz CT molecular complexity index is 1040. The van der Waals surface area contributed by atoms with E-state index in [1.807, 2.05) is 66.7 Å². The van der Waals surface area contributed by atoms with Crippen molar-refractivity contribution in [2.24, 2.45) is 5.10 Å². The first-order chi connectivity index (χ1) is 14.2. The largest absolute Gasteiger partial charge is 0.423 e. The molecule has 3 aromatic rings. The third kappa shape index (κ3) is 5.00. The van der Waals surface area contributed by atoms with E-state index in [1.54, 1.807) is 6.08 Å². The zero-order chi connectivity index (χ0) is 20.1. The minimum atomic E-state index is -0.401. The van der Waals surface area contributed by atoms with E-state index in [0.717, 1.165) is 33.3 Å². The lowest BCUT2D eigenvalue weighted by atomic mass is 9.99. The summed E-state index contributed by atoms with van der Waals surface area (Å²) in [4.78, 5) is 12.0. The molecule has 0 fully saturated rings. The van der Waals surface area contributed by atoms with Gasteiger partial charge in [0.1, 0.15) is 5.75 Å². The van der Waals surface area contributed by atoms with Crippen LogP contribution in [-0.2, 0) is 4.79 Å². The van der Waals surface area contributed by atoms with Gasteiger partial charge < -0.3 is 10.2 Å². The maximum absolute atomic E-state index is 12.0. The third-order valence-corrected chi connectivity index (χ3v) is 5.17. The number of ether oxygens (including phenoxy) is 1. The molecule has 4 nitrogen and oxygen atoms in total. The van der Waals surface area contributed by atoms with Crippen molar-refractivity contribution in [3.8, 4) is 5.75 Å². The zero-order valence-corrected chi connectivity index (χ0v) is 17.2. The van der Waals surface area contributed by atoms with Crippen LogP contribution < -0.4 is 10.2 Å². The van der Waals surface area contributed by atoms with Crippen molar-refractivity contribution in [3.63, 3.8) is 0 Å². The first-order valence-electron chi connectivity index (χ1n) is 9.30. The van der Waals surface area contributed by atoms with Crippen LogP contribution in [0.3, 0.4) is 0 Å². The third-order valence-electron chi connectivity index (χ3n) is 4.64. The Morgan fingerprint density at radius 2 is 1.72 bits per heavy atom. The number of halogens is 1. The van der Waals surface area contributed by atoms with Crippen LogP contribution in [0.25, 0.3) is 6.08 Å². The fourth-order valence-corrected chi connectivity index (χ4v) is 3.37. The summed E-state index contributed by atoms with van der Waals surface area (Å²) in [5.74, 6) is 0.116. The molecule has 0 aromatic heterocycles. The number of carbonyl (C=O) groups excluding carboxylic acids is 1. The minimum absolute atomic E-state index is 0.108. The van der Waals surface area contributed by atoms with E-state index in [2.05, 4.69) is 38.6 Å². The predicted molar refractivity (Wildman–Crippen MR) is 119 cm³/mol. The van der Waals surface area contributed by atoms with Crippen LogP contribution in [0.1, 0.15) is 29.2 Å². The maximum Gasteiger partial charge on any atom is 0.336 e. The van der Waals surface area contributed by atoms with Gasteiger partial charge in [0.05, 0.1) is 11.8 Å². The summed E-state index contributed by atoms with van der Waals surface area (Å²) in [7, 11) is 0. The molecular weight excluding hydrogens is 428 g/mol. The molecule has 0 saturated carbocycles. The molecule has 4 rings (SSSR count). The molecule has 144 valence electrons. The van der Waals surface area contributed by atoms with E-state index in [-0.39, 0.29) is 6.04 Å². The average Bonchev–Trinajstić information content (AvgIpc) is 3.24. The number of hydrazone groups is 1. The summed E-state index contributed by atoms with van der Waals surface area (Å²) < 4.78 is 6.43. The van der Waals surface area contributed by atoms with Crippen LogP contribution in [0.5, 0.6) is 5.75 Å². The van der Waals surface area contributed by atoms with Crippen LogP contribution in [0.2, 0.25) is 0 Å². The standard InChI is InChI=1S/C24H19BrN2O2/c25-20-11-7-18(8-12-20)22-16-23(27-26-22)19-9-13-21(14-10-19)29-24(28)15-6-17-4-2-1-3-5-17/h1-15,23,27H,16H2/b15-6-. The van der Waals surface area contributed by atoms with Gasteiger partial charge in [0, 0.05) is 17.0 Å². The topological polar surface area (TPSA) is 50.7 Å². The highest BCUT2D eigenvalue weighted by Crippen LogP contribution is 2.26. The number of rotatable bonds is 5. The number of hydrogen-bond donors (Lipinski definition) is 1. The maximum atomic E-state index is 12.0. The number of hydrogen-bond acceptors (Lipinski definition) is 4. The second-order valence-electron chi connectivity index (χ2n) is 6.69. The molecule has 29 heavy (non-hydrogen) atoms. The summed E-state index contributed by atoms with van der Waals surface area (Å²) in [5.41, 5.74) is 7.38. The van der Waals surface area contributed by atoms with Crippen molar-refractivity contribution in [2.75, 3.05) is 0 Å². The molecule has 5 heteroatoms. The second-order valence-corrected chi connectivity index (χ2v) is 7.60. The first-order valence-corrected chi connectivity index (χ1v) is 10.1. The van der Waals surface area contributed by atoms with Crippen LogP contribution in [-0.4, -0.2) is 11.7 Å². The monoisotopic (exact) mass is 446 g/mol. The van der Waals surface area contributed by atoms with Gasteiger partial charge in [-0.25, -0.2) is 4.79 Å². The molecule has 0 radical (unpaired) electrons. The summed E-state index contributed by atoms with van der Waals surface area (Å²) in [6.07, 6.45) is 3.97. The second kappa shape index (κ2) is 8.88. The molecule has 1 aliphatic rings. The van der Waals surface area contributed by atoms with Crippen molar-refractivity contribution < 1.29 is 9.53 Å². The normalized spacial score (nSPS) is 15.8. The molecule has 0 bridgehead atoms. The molecule has 1 unspecified atom stereocenters. The highest BCUT2D eigenvalue weighted by molar-refractivity contribution is 9.10. The van der Waals surface area contributed by atoms with E-state index < -0.39 is 5.97 Å². The molecule has 0 aliphatic carbocycles. The highest BCUT2D eigenvalue weighted by Gasteiger charge is 2.21. The van der Waals surface area contributed by atoms with Gasteiger partial charge in [-0.1, -0.05) is 70.5 Å². The highest BCUT2D eigenvalue weighted by atomic mass is 79.9. The van der Waals surface area contributed by atoms with Crippen LogP contribution in [0, 0.1) is 0 Å². The molecular formula is C24H19BrN2O2. The molecule has 1 heterocycles. The molecule has 3 aromatic carbocycles. The van der Waals surface area contributed by atoms with Crippen molar-refractivity contribution in [1.82, 2.24) is 5.43 Å². The van der Waals surface area contributed by atoms with Crippen LogP contribution >= 0.6 is 15.9 Å². The summed E-state index contributed by atoms with van der Waals surface area (Å²) in [5, 5.41) is 4.47. The summed E-state index contributed by atoms with van der Waals surface area (Å²) in [6, 6.07) is 25.4.